The summed E-state index contributed by atoms with van der Waals surface area (Å²) in [6, 6.07) is 0. The summed E-state index contributed by atoms with van der Waals surface area (Å²) in [6.07, 6.45) is 0.338. The summed E-state index contributed by atoms with van der Waals surface area (Å²) in [5.74, 6) is -0.164. The van der Waals surface area contributed by atoms with Crippen LogP contribution in [0.25, 0.3) is 0 Å². The molecule has 0 aromatic rings. The fraction of sp³-hybridized carbons (Fsp3) is 0.789. The van der Waals surface area contributed by atoms with Gasteiger partial charge in [0.15, 0.2) is 0 Å². The molecule has 0 fully saturated rings. The van der Waals surface area contributed by atoms with Crippen molar-refractivity contribution in [1.29, 1.82) is 0 Å². The minimum atomic E-state index is -0.749. The molecular formula is C19H35N3O10. The maximum atomic E-state index is 11.8. The molecule has 0 aromatic heterocycles. The second-order valence-electron chi connectivity index (χ2n) is 6.38. The van der Waals surface area contributed by atoms with Gasteiger partial charge in [-0.2, -0.15) is 10.1 Å². The van der Waals surface area contributed by atoms with Crippen LogP contribution >= 0.6 is 0 Å². The highest BCUT2D eigenvalue weighted by Crippen LogP contribution is 2.03. The zero-order valence-electron chi connectivity index (χ0n) is 19.2. The molecule has 0 unspecified atom stereocenters. The molecule has 0 aliphatic heterocycles. The van der Waals surface area contributed by atoms with Gasteiger partial charge in [-0.25, -0.2) is 9.59 Å². The first kappa shape index (κ1) is 29.5. The smallest absolute Gasteiger partial charge is 0.433 e. The van der Waals surface area contributed by atoms with E-state index in [9.17, 15) is 19.2 Å². The third kappa shape index (κ3) is 15.3. The molecule has 0 saturated heterocycles. The lowest BCUT2D eigenvalue weighted by molar-refractivity contribution is -0.122. The molecule has 0 rings (SSSR count). The zero-order valence-corrected chi connectivity index (χ0v) is 19.2. The monoisotopic (exact) mass is 465 g/mol. The Kier molecular flexibility index (Phi) is 17.7. The van der Waals surface area contributed by atoms with E-state index in [-0.39, 0.29) is 32.1 Å². The van der Waals surface area contributed by atoms with Crippen molar-refractivity contribution in [1.82, 2.24) is 15.4 Å². The van der Waals surface area contributed by atoms with Gasteiger partial charge >= 0.3 is 12.2 Å². The second kappa shape index (κ2) is 19.2. The van der Waals surface area contributed by atoms with Gasteiger partial charge in [-0.3, -0.25) is 14.5 Å². The van der Waals surface area contributed by atoms with Crippen molar-refractivity contribution in [3.05, 3.63) is 0 Å². The van der Waals surface area contributed by atoms with Crippen molar-refractivity contribution in [2.24, 2.45) is 0 Å². The molecule has 0 bridgehead atoms. The van der Waals surface area contributed by atoms with E-state index in [0.717, 1.165) is 16.4 Å². The molecule has 0 saturated carbocycles. The molecule has 0 spiro atoms. The lowest BCUT2D eigenvalue weighted by atomic mass is 10.3. The molecule has 3 amide bonds. The van der Waals surface area contributed by atoms with Crippen LogP contribution in [0.4, 0.5) is 9.59 Å². The first-order chi connectivity index (χ1) is 15.3. The van der Waals surface area contributed by atoms with Crippen molar-refractivity contribution >= 4 is 24.4 Å². The van der Waals surface area contributed by atoms with E-state index < -0.39 is 18.3 Å². The molecule has 32 heavy (non-hydrogen) atoms. The van der Waals surface area contributed by atoms with Gasteiger partial charge in [-0.05, 0) is 12.8 Å². The lowest BCUT2D eigenvalue weighted by Gasteiger charge is -2.21. The number of hydroxylamine groups is 4. The standard InChI is InChI=1S/C19H35N3O10/c1-21(27-3)18(25)31-14-16(15-32-19(26)22(2)28-4)30-12-7-8-17(24)20-9-13-29-11-6-5-10-23/h10,16H,5-9,11-15H2,1-4H3,(H,20,24). The predicted octanol–water partition coefficient (Wildman–Crippen LogP) is 0.523. The predicted molar refractivity (Wildman–Crippen MR) is 110 cm³/mol. The summed E-state index contributed by atoms with van der Waals surface area (Å²) in [4.78, 5) is 54.8. The molecule has 0 heterocycles. The SMILES string of the molecule is CON(C)C(=O)OCC(COC(=O)N(C)OC)OCCCC(=O)NCCOCCCC=O. The Labute approximate surface area is 188 Å². The van der Waals surface area contributed by atoms with Crippen molar-refractivity contribution < 1.29 is 47.8 Å². The Morgan fingerprint density at radius 3 is 2.03 bits per heavy atom. The van der Waals surface area contributed by atoms with Crippen LogP contribution in [-0.4, -0.2) is 109 Å². The average molecular weight is 466 g/mol. The number of hydrogen-bond donors (Lipinski definition) is 1. The van der Waals surface area contributed by atoms with Crippen molar-refractivity contribution in [3.8, 4) is 0 Å². The van der Waals surface area contributed by atoms with E-state index in [4.69, 9.17) is 28.6 Å². The largest absolute Gasteiger partial charge is 0.445 e. The van der Waals surface area contributed by atoms with Gasteiger partial charge in [0.2, 0.25) is 5.91 Å². The Hall–Kier alpha value is -2.48. The number of nitrogens with zero attached hydrogens (tertiary/aromatic N) is 2. The molecule has 0 aromatic carbocycles. The summed E-state index contributed by atoms with van der Waals surface area (Å²) in [7, 11) is 5.37. The van der Waals surface area contributed by atoms with E-state index >= 15 is 0 Å². The fourth-order valence-corrected chi connectivity index (χ4v) is 2.01. The van der Waals surface area contributed by atoms with E-state index in [2.05, 4.69) is 5.32 Å². The van der Waals surface area contributed by atoms with Gasteiger partial charge < -0.3 is 29.1 Å². The van der Waals surface area contributed by atoms with Crippen LogP contribution in [-0.2, 0) is 38.2 Å². The van der Waals surface area contributed by atoms with Gasteiger partial charge in [0.25, 0.3) is 0 Å². The minimum absolute atomic E-state index is 0.164. The number of carbonyl (C=O) groups is 4. The summed E-state index contributed by atoms with van der Waals surface area (Å²) >= 11 is 0. The fourth-order valence-electron chi connectivity index (χ4n) is 2.01. The van der Waals surface area contributed by atoms with E-state index in [1.54, 1.807) is 0 Å². The number of hydrogen-bond acceptors (Lipinski definition) is 10. The Balaban J connectivity index is 4.22. The maximum absolute atomic E-state index is 11.8. The molecule has 13 nitrogen and oxygen atoms in total. The summed E-state index contributed by atoms with van der Waals surface area (Å²) < 4.78 is 21.0. The zero-order chi connectivity index (χ0) is 24.2. The topological polar surface area (TPSA) is 142 Å². The quantitative estimate of drug-likeness (QED) is 0.173. The highest BCUT2D eigenvalue weighted by molar-refractivity contribution is 5.75. The van der Waals surface area contributed by atoms with Crippen molar-refractivity contribution in [3.63, 3.8) is 0 Å². The maximum Gasteiger partial charge on any atom is 0.433 e. The van der Waals surface area contributed by atoms with E-state index in [1.165, 1.54) is 28.3 Å². The first-order valence-corrected chi connectivity index (χ1v) is 10.1. The molecule has 0 aliphatic carbocycles. The number of amides is 3. The number of ether oxygens (including phenoxy) is 4. The van der Waals surface area contributed by atoms with Crippen LogP contribution in [0.2, 0.25) is 0 Å². The lowest BCUT2D eigenvalue weighted by Crippen LogP contribution is -2.35. The van der Waals surface area contributed by atoms with Gasteiger partial charge in [0.05, 0.1) is 20.8 Å². The third-order valence-corrected chi connectivity index (χ3v) is 3.93. The number of aldehydes is 1. The number of unbranched alkanes of at least 4 members (excludes halogenated alkanes) is 1. The third-order valence-electron chi connectivity index (χ3n) is 3.93. The Bertz CT molecular complexity index is 523. The highest BCUT2D eigenvalue weighted by Gasteiger charge is 2.19. The number of nitrogens with one attached hydrogen (secondary N) is 1. The van der Waals surface area contributed by atoms with Crippen LogP contribution in [0.3, 0.4) is 0 Å². The van der Waals surface area contributed by atoms with Crippen LogP contribution < -0.4 is 5.32 Å². The van der Waals surface area contributed by atoms with Crippen molar-refractivity contribution in [2.75, 3.05) is 67.9 Å². The van der Waals surface area contributed by atoms with Crippen LogP contribution in [0.15, 0.2) is 0 Å². The highest BCUT2D eigenvalue weighted by atomic mass is 16.7. The summed E-state index contributed by atoms with van der Waals surface area (Å²) in [6.45, 7) is 1.00. The molecule has 1 N–H and O–H groups in total. The molecule has 0 atom stereocenters. The van der Waals surface area contributed by atoms with Gasteiger partial charge in [0.1, 0.15) is 25.6 Å². The van der Waals surface area contributed by atoms with Gasteiger partial charge in [-0.1, -0.05) is 0 Å². The molecular weight excluding hydrogens is 430 g/mol. The summed E-state index contributed by atoms with van der Waals surface area (Å²) in [5.41, 5.74) is 0. The van der Waals surface area contributed by atoms with Crippen LogP contribution in [0, 0.1) is 0 Å². The average Bonchev–Trinajstić information content (AvgIpc) is 2.80. The Morgan fingerprint density at radius 2 is 1.50 bits per heavy atom. The Morgan fingerprint density at radius 1 is 0.906 bits per heavy atom. The normalized spacial score (nSPS) is 10.5. The number of rotatable bonds is 18. The van der Waals surface area contributed by atoms with Crippen LogP contribution in [0.1, 0.15) is 25.7 Å². The van der Waals surface area contributed by atoms with Gasteiger partial charge in [0, 0.05) is 46.7 Å². The molecule has 13 heteroatoms. The molecule has 0 aliphatic rings. The number of carbonyl (C=O) groups excluding carboxylic acids is 4. The molecule has 186 valence electrons. The second-order valence-corrected chi connectivity index (χ2v) is 6.38. The first-order valence-electron chi connectivity index (χ1n) is 10.1. The van der Waals surface area contributed by atoms with Gasteiger partial charge in [-0.15, -0.1) is 0 Å². The minimum Gasteiger partial charge on any atom is -0.445 e. The summed E-state index contributed by atoms with van der Waals surface area (Å²) in [5, 5.41) is 4.49. The van der Waals surface area contributed by atoms with E-state index in [0.29, 0.717) is 39.0 Å². The van der Waals surface area contributed by atoms with E-state index in [1.807, 2.05) is 0 Å². The van der Waals surface area contributed by atoms with Crippen LogP contribution in [0.5, 0.6) is 0 Å². The molecule has 0 radical (unpaired) electrons. The van der Waals surface area contributed by atoms with Crippen molar-refractivity contribution in [2.45, 2.75) is 31.8 Å².